The molecule has 164 valence electrons. The van der Waals surface area contributed by atoms with Crippen molar-refractivity contribution in [1.82, 2.24) is 19.3 Å². The maximum Gasteiger partial charge on any atom is 0.416 e. The minimum absolute atomic E-state index is 0.215. The Hall–Kier alpha value is -3.62. The van der Waals surface area contributed by atoms with Crippen molar-refractivity contribution in [3.8, 4) is 0 Å². The molecule has 2 N–H and O–H groups in total. The molecule has 0 saturated carbocycles. The van der Waals surface area contributed by atoms with E-state index in [1.807, 2.05) is 11.3 Å². The molecule has 2 heterocycles. The van der Waals surface area contributed by atoms with Gasteiger partial charge in [-0.3, -0.25) is 9.20 Å². The molecule has 5 rings (SSSR count). The van der Waals surface area contributed by atoms with Crippen LogP contribution in [-0.4, -0.2) is 32.2 Å². The highest BCUT2D eigenvalue weighted by molar-refractivity contribution is 5.98. The lowest BCUT2D eigenvalue weighted by molar-refractivity contribution is -0.137. The van der Waals surface area contributed by atoms with Gasteiger partial charge in [0.15, 0.2) is 0 Å². The third kappa shape index (κ3) is 3.07. The highest BCUT2D eigenvalue weighted by atomic mass is 19.4. The largest absolute Gasteiger partial charge is 0.416 e. The van der Waals surface area contributed by atoms with Gasteiger partial charge in [0.05, 0.1) is 28.8 Å². The van der Waals surface area contributed by atoms with E-state index in [-0.39, 0.29) is 11.9 Å². The Labute approximate surface area is 181 Å². The summed E-state index contributed by atoms with van der Waals surface area (Å²) in [4.78, 5) is 23.6. The van der Waals surface area contributed by atoms with Gasteiger partial charge in [-0.15, -0.1) is 0 Å². The van der Waals surface area contributed by atoms with E-state index in [1.165, 1.54) is 12.1 Å². The van der Waals surface area contributed by atoms with E-state index >= 15 is 0 Å². The standard InChI is InChI=1S/C23H20F3N5O/c1-12-28-11-20-21(27)29-17-7-3-14(10-19(17)31(12)20)22(32)30(2)18-8-4-13-9-15(23(24,25)26)5-6-16(13)18/h3,5-7,9-11,18H,4,8H2,1-2H3,(H2,27,29)/t18-/m1/s1. The van der Waals surface area contributed by atoms with Crippen molar-refractivity contribution in [3.63, 3.8) is 0 Å². The monoisotopic (exact) mass is 439 g/mol. The van der Waals surface area contributed by atoms with Gasteiger partial charge in [0, 0.05) is 12.6 Å². The number of nitrogens with zero attached hydrogens (tertiary/aromatic N) is 4. The molecule has 1 aliphatic carbocycles. The first-order valence-electron chi connectivity index (χ1n) is 10.2. The molecule has 0 aliphatic heterocycles. The Morgan fingerprint density at radius 2 is 1.97 bits per heavy atom. The molecule has 2 aromatic carbocycles. The van der Waals surface area contributed by atoms with Crippen molar-refractivity contribution in [2.24, 2.45) is 0 Å². The number of fused-ring (bicyclic) bond motifs is 4. The molecule has 9 heteroatoms. The summed E-state index contributed by atoms with van der Waals surface area (Å²) < 4.78 is 41.0. The average Bonchev–Trinajstić information content (AvgIpc) is 3.36. The van der Waals surface area contributed by atoms with Crippen molar-refractivity contribution in [2.45, 2.75) is 32.0 Å². The number of imidazole rings is 1. The Bertz CT molecular complexity index is 1390. The second-order valence-electron chi connectivity index (χ2n) is 8.11. The minimum atomic E-state index is -4.38. The molecule has 1 aliphatic rings. The van der Waals surface area contributed by atoms with Gasteiger partial charge in [-0.05, 0) is 61.2 Å². The summed E-state index contributed by atoms with van der Waals surface area (Å²) in [5.74, 6) is 0.865. The molecule has 0 bridgehead atoms. The highest BCUT2D eigenvalue weighted by Crippen LogP contribution is 2.39. The first kappa shape index (κ1) is 20.3. The van der Waals surface area contributed by atoms with Crippen LogP contribution in [0.25, 0.3) is 16.6 Å². The lowest BCUT2D eigenvalue weighted by Gasteiger charge is -2.26. The van der Waals surface area contributed by atoms with Gasteiger partial charge in [0.25, 0.3) is 5.91 Å². The number of aromatic nitrogens is 3. The summed E-state index contributed by atoms with van der Waals surface area (Å²) in [6.07, 6.45) is -1.66. The number of carbonyl (C=O) groups is 1. The molecular weight excluding hydrogens is 419 g/mol. The van der Waals surface area contributed by atoms with Crippen molar-refractivity contribution >= 4 is 28.3 Å². The molecule has 6 nitrogen and oxygen atoms in total. The van der Waals surface area contributed by atoms with E-state index in [1.54, 1.807) is 36.3 Å². The Morgan fingerprint density at radius 1 is 1.19 bits per heavy atom. The molecule has 0 fully saturated rings. The van der Waals surface area contributed by atoms with E-state index in [9.17, 15) is 18.0 Å². The Morgan fingerprint density at radius 3 is 2.72 bits per heavy atom. The molecule has 0 radical (unpaired) electrons. The van der Waals surface area contributed by atoms with E-state index in [0.29, 0.717) is 46.3 Å². The number of nitrogen functional groups attached to an aromatic ring is 1. The number of alkyl halides is 3. The van der Waals surface area contributed by atoms with Gasteiger partial charge in [-0.25, -0.2) is 9.97 Å². The topological polar surface area (TPSA) is 76.5 Å². The number of halogens is 3. The fourth-order valence-electron chi connectivity index (χ4n) is 4.57. The zero-order chi connectivity index (χ0) is 22.8. The van der Waals surface area contributed by atoms with Crippen LogP contribution >= 0.6 is 0 Å². The fourth-order valence-corrected chi connectivity index (χ4v) is 4.57. The van der Waals surface area contributed by atoms with Gasteiger partial charge in [0.2, 0.25) is 0 Å². The molecule has 0 unspecified atom stereocenters. The molecule has 0 spiro atoms. The summed E-state index contributed by atoms with van der Waals surface area (Å²) in [5.41, 5.74) is 9.25. The number of hydrogen-bond donors (Lipinski definition) is 1. The normalized spacial score (nSPS) is 16.0. The van der Waals surface area contributed by atoms with E-state index < -0.39 is 11.7 Å². The lowest BCUT2D eigenvalue weighted by Crippen LogP contribution is -2.30. The molecule has 4 aromatic rings. The Balaban J connectivity index is 1.51. The predicted octanol–water partition coefficient (Wildman–Crippen LogP) is 4.55. The van der Waals surface area contributed by atoms with Crippen LogP contribution in [0.1, 0.15) is 45.3 Å². The molecular formula is C23H20F3N5O. The molecule has 1 atom stereocenters. The van der Waals surface area contributed by atoms with Gasteiger partial charge in [-0.2, -0.15) is 13.2 Å². The predicted molar refractivity (Wildman–Crippen MR) is 114 cm³/mol. The third-order valence-electron chi connectivity index (χ3n) is 6.21. The summed E-state index contributed by atoms with van der Waals surface area (Å²) in [6, 6.07) is 8.67. The smallest absolute Gasteiger partial charge is 0.382 e. The highest BCUT2D eigenvalue weighted by Gasteiger charge is 2.34. The SMILES string of the molecule is Cc1ncc2c(N)nc3ccc(C(=O)N(C)[C@@H]4CCc5cc(C(F)(F)F)ccc54)cc3n12. The van der Waals surface area contributed by atoms with Crippen molar-refractivity contribution < 1.29 is 18.0 Å². The second kappa shape index (κ2) is 6.94. The summed E-state index contributed by atoms with van der Waals surface area (Å²) >= 11 is 0. The van der Waals surface area contributed by atoms with Crippen LogP contribution in [0.15, 0.2) is 42.6 Å². The number of benzene rings is 2. The zero-order valence-electron chi connectivity index (χ0n) is 17.4. The van der Waals surface area contributed by atoms with Crippen LogP contribution in [0.3, 0.4) is 0 Å². The van der Waals surface area contributed by atoms with Gasteiger partial charge in [-0.1, -0.05) is 6.07 Å². The van der Waals surface area contributed by atoms with E-state index in [4.69, 9.17) is 5.73 Å². The quantitative estimate of drug-likeness (QED) is 0.497. The Kier molecular flexibility index (Phi) is 4.40. The maximum atomic E-state index is 13.3. The van der Waals surface area contributed by atoms with Crippen molar-refractivity contribution in [2.75, 3.05) is 12.8 Å². The van der Waals surface area contributed by atoms with Crippen LogP contribution < -0.4 is 5.73 Å². The van der Waals surface area contributed by atoms with Crippen LogP contribution in [0.2, 0.25) is 0 Å². The number of aryl methyl sites for hydroxylation is 2. The van der Waals surface area contributed by atoms with Crippen molar-refractivity contribution in [1.29, 1.82) is 0 Å². The molecule has 1 amide bonds. The van der Waals surface area contributed by atoms with Crippen LogP contribution in [0.5, 0.6) is 0 Å². The van der Waals surface area contributed by atoms with Gasteiger partial charge in [0.1, 0.15) is 17.2 Å². The summed E-state index contributed by atoms with van der Waals surface area (Å²) in [5, 5.41) is 0. The van der Waals surface area contributed by atoms with Gasteiger partial charge >= 0.3 is 6.18 Å². The average molecular weight is 439 g/mol. The summed E-state index contributed by atoms with van der Waals surface area (Å²) in [6.45, 7) is 1.84. The van der Waals surface area contributed by atoms with E-state index in [2.05, 4.69) is 9.97 Å². The van der Waals surface area contributed by atoms with Crippen LogP contribution in [0.4, 0.5) is 19.0 Å². The minimum Gasteiger partial charge on any atom is -0.382 e. The molecule has 32 heavy (non-hydrogen) atoms. The van der Waals surface area contributed by atoms with E-state index in [0.717, 1.165) is 17.5 Å². The number of hydrogen-bond acceptors (Lipinski definition) is 4. The van der Waals surface area contributed by atoms with Crippen LogP contribution in [0, 0.1) is 6.92 Å². The second-order valence-corrected chi connectivity index (χ2v) is 8.11. The number of anilines is 1. The van der Waals surface area contributed by atoms with Crippen molar-refractivity contribution in [3.05, 3.63) is 70.7 Å². The first-order chi connectivity index (χ1) is 15.1. The lowest BCUT2D eigenvalue weighted by atomic mass is 10.0. The maximum absolute atomic E-state index is 13.3. The fraction of sp³-hybridized carbons (Fsp3) is 0.261. The van der Waals surface area contributed by atoms with Crippen LogP contribution in [-0.2, 0) is 12.6 Å². The number of carbonyl (C=O) groups excluding carboxylic acids is 1. The zero-order valence-corrected chi connectivity index (χ0v) is 17.4. The molecule has 2 aromatic heterocycles. The molecule has 0 saturated heterocycles. The number of rotatable bonds is 2. The first-order valence-corrected chi connectivity index (χ1v) is 10.2. The number of amides is 1. The number of nitrogens with two attached hydrogens (primary N) is 1. The summed E-state index contributed by atoms with van der Waals surface area (Å²) in [7, 11) is 1.68. The van der Waals surface area contributed by atoms with Gasteiger partial charge < -0.3 is 10.6 Å². The third-order valence-corrected chi connectivity index (χ3v) is 6.21.